The van der Waals surface area contributed by atoms with Gasteiger partial charge in [0, 0.05) is 11.4 Å². The minimum absolute atomic E-state index is 0.0856. The third kappa shape index (κ3) is 4.00. The molecule has 33 heavy (non-hydrogen) atoms. The van der Waals surface area contributed by atoms with Crippen LogP contribution in [0, 0.1) is 6.92 Å². The van der Waals surface area contributed by atoms with E-state index in [2.05, 4.69) is 18.4 Å². The summed E-state index contributed by atoms with van der Waals surface area (Å²) in [6.07, 6.45) is 1.80. The number of nitrogens with zero attached hydrogens (tertiary/aromatic N) is 3. The second-order valence-corrected chi connectivity index (χ2v) is 10.1. The summed E-state index contributed by atoms with van der Waals surface area (Å²) in [5.74, 6) is 0.328. The van der Waals surface area contributed by atoms with Crippen molar-refractivity contribution in [3.8, 4) is 5.69 Å². The zero-order valence-electron chi connectivity index (χ0n) is 18.7. The first-order valence-electron chi connectivity index (χ1n) is 11.1. The van der Waals surface area contributed by atoms with E-state index in [1.54, 1.807) is 22.0 Å². The van der Waals surface area contributed by atoms with Gasteiger partial charge in [-0.3, -0.25) is 14.2 Å². The normalized spacial score (nSPS) is 15.6. The van der Waals surface area contributed by atoms with E-state index >= 15 is 0 Å². The van der Waals surface area contributed by atoms with E-state index < -0.39 is 0 Å². The lowest BCUT2D eigenvalue weighted by atomic mass is 9.98. The molecule has 5 nitrogen and oxygen atoms in total. The molecule has 2 aromatic heterocycles. The number of thiophene rings is 1. The molecular formula is C26H25N3O2S2. The Kier molecular flexibility index (Phi) is 6.08. The molecule has 2 aromatic carbocycles. The lowest BCUT2D eigenvalue weighted by Gasteiger charge is -2.35. The number of thioether (sulfide) groups is 1. The zero-order valence-corrected chi connectivity index (χ0v) is 20.3. The lowest BCUT2D eigenvalue weighted by Crippen LogP contribution is -2.40. The van der Waals surface area contributed by atoms with Crippen molar-refractivity contribution in [2.75, 3.05) is 12.3 Å². The highest BCUT2D eigenvalue weighted by Crippen LogP contribution is 2.36. The Morgan fingerprint density at radius 2 is 1.94 bits per heavy atom. The first-order valence-corrected chi connectivity index (χ1v) is 13.0. The number of hydrogen-bond donors (Lipinski definition) is 0. The summed E-state index contributed by atoms with van der Waals surface area (Å²) in [4.78, 5) is 35.0. The maximum absolute atomic E-state index is 13.5. The molecule has 168 valence electrons. The Labute approximate surface area is 201 Å². The van der Waals surface area contributed by atoms with Crippen molar-refractivity contribution in [3.63, 3.8) is 0 Å². The van der Waals surface area contributed by atoms with Crippen LogP contribution in [0.5, 0.6) is 0 Å². The third-order valence-corrected chi connectivity index (χ3v) is 8.15. The second kappa shape index (κ2) is 9.15. The van der Waals surface area contributed by atoms with Gasteiger partial charge in [0.15, 0.2) is 5.16 Å². The SMILES string of the molecule is CCC1c2ccsc2CCN1C(=O)CSc1nc2ccccc2c(=O)n1-c1ccccc1C. The molecule has 0 spiro atoms. The summed E-state index contributed by atoms with van der Waals surface area (Å²) < 4.78 is 1.65. The Hall–Kier alpha value is -2.90. The molecule has 1 amide bonds. The smallest absolute Gasteiger partial charge is 0.266 e. The molecule has 5 rings (SSSR count). The van der Waals surface area contributed by atoms with Crippen LogP contribution in [0.3, 0.4) is 0 Å². The number of carbonyl (C=O) groups excluding carboxylic acids is 1. The number of rotatable bonds is 5. The van der Waals surface area contributed by atoms with Crippen LogP contribution >= 0.6 is 23.1 Å². The highest BCUT2D eigenvalue weighted by atomic mass is 32.2. The molecule has 3 heterocycles. The van der Waals surface area contributed by atoms with Gasteiger partial charge in [0.25, 0.3) is 5.56 Å². The molecule has 0 saturated carbocycles. The van der Waals surface area contributed by atoms with E-state index in [9.17, 15) is 9.59 Å². The summed E-state index contributed by atoms with van der Waals surface area (Å²) in [5, 5.41) is 3.24. The van der Waals surface area contributed by atoms with Crippen LogP contribution in [0.2, 0.25) is 0 Å². The van der Waals surface area contributed by atoms with Gasteiger partial charge in [-0.1, -0.05) is 49.0 Å². The summed E-state index contributed by atoms with van der Waals surface area (Å²) in [6.45, 7) is 4.85. The predicted molar refractivity (Wildman–Crippen MR) is 136 cm³/mol. The Morgan fingerprint density at radius 1 is 1.15 bits per heavy atom. The average molecular weight is 476 g/mol. The minimum Gasteiger partial charge on any atom is -0.335 e. The average Bonchev–Trinajstić information content (AvgIpc) is 3.32. The van der Waals surface area contributed by atoms with Gasteiger partial charge in [-0.05, 0) is 60.5 Å². The van der Waals surface area contributed by atoms with E-state index in [1.165, 1.54) is 22.2 Å². The fraction of sp³-hybridized carbons (Fsp3) is 0.269. The molecule has 0 saturated heterocycles. The maximum atomic E-state index is 13.5. The van der Waals surface area contributed by atoms with Crippen LogP contribution in [0.1, 0.15) is 35.4 Å². The Balaban J connectivity index is 1.49. The second-order valence-electron chi connectivity index (χ2n) is 8.19. The fourth-order valence-corrected chi connectivity index (χ4v) is 6.40. The number of fused-ring (bicyclic) bond motifs is 2. The van der Waals surface area contributed by atoms with Crippen LogP contribution < -0.4 is 5.56 Å². The van der Waals surface area contributed by atoms with Crippen molar-refractivity contribution < 1.29 is 4.79 Å². The number of carbonyl (C=O) groups is 1. The minimum atomic E-state index is -0.114. The molecule has 1 atom stereocenters. The molecule has 0 aliphatic carbocycles. The molecule has 1 aliphatic heterocycles. The molecule has 0 bridgehead atoms. The quantitative estimate of drug-likeness (QED) is 0.287. The van der Waals surface area contributed by atoms with Crippen molar-refractivity contribution in [2.45, 2.75) is 37.9 Å². The number of para-hydroxylation sites is 2. The van der Waals surface area contributed by atoms with Crippen LogP contribution in [-0.4, -0.2) is 32.7 Å². The van der Waals surface area contributed by atoms with E-state index in [0.717, 1.165) is 30.6 Å². The van der Waals surface area contributed by atoms with Gasteiger partial charge in [0.05, 0.1) is 28.4 Å². The van der Waals surface area contributed by atoms with E-state index in [4.69, 9.17) is 4.98 Å². The standard InChI is InChI=1S/C26H25N3O2S2/c1-3-21-19-13-15-32-23(19)12-14-28(21)24(30)16-33-26-27-20-10-6-5-9-18(20)25(31)29(26)22-11-7-4-8-17(22)2/h4-11,13,15,21H,3,12,14,16H2,1-2H3. The van der Waals surface area contributed by atoms with Gasteiger partial charge >= 0.3 is 0 Å². The highest BCUT2D eigenvalue weighted by Gasteiger charge is 2.30. The van der Waals surface area contributed by atoms with Gasteiger partial charge in [-0.15, -0.1) is 11.3 Å². The third-order valence-electron chi connectivity index (χ3n) is 6.23. The van der Waals surface area contributed by atoms with Crippen molar-refractivity contribution in [2.24, 2.45) is 0 Å². The van der Waals surface area contributed by atoms with Gasteiger partial charge in [-0.25, -0.2) is 4.98 Å². The molecule has 1 aliphatic rings. The number of aromatic nitrogens is 2. The van der Waals surface area contributed by atoms with Crippen LogP contribution in [-0.2, 0) is 11.2 Å². The fourth-order valence-electron chi connectivity index (χ4n) is 4.58. The lowest BCUT2D eigenvalue weighted by molar-refractivity contribution is -0.131. The summed E-state index contributed by atoms with van der Waals surface area (Å²) in [5.41, 5.74) is 3.60. The van der Waals surface area contributed by atoms with E-state index in [0.29, 0.717) is 16.1 Å². The number of amides is 1. The van der Waals surface area contributed by atoms with Gasteiger partial charge in [0.1, 0.15) is 0 Å². The van der Waals surface area contributed by atoms with Crippen molar-refractivity contribution >= 4 is 39.9 Å². The molecule has 0 fully saturated rings. The topological polar surface area (TPSA) is 55.2 Å². The molecule has 1 unspecified atom stereocenters. The summed E-state index contributed by atoms with van der Waals surface area (Å²) in [6, 6.07) is 17.4. The summed E-state index contributed by atoms with van der Waals surface area (Å²) in [7, 11) is 0. The Bertz CT molecular complexity index is 1390. The maximum Gasteiger partial charge on any atom is 0.266 e. The monoisotopic (exact) mass is 475 g/mol. The highest BCUT2D eigenvalue weighted by molar-refractivity contribution is 7.99. The summed E-state index contributed by atoms with van der Waals surface area (Å²) >= 11 is 3.12. The van der Waals surface area contributed by atoms with Crippen LogP contribution in [0.25, 0.3) is 16.6 Å². The zero-order chi connectivity index (χ0) is 22.9. The largest absolute Gasteiger partial charge is 0.335 e. The van der Waals surface area contributed by atoms with Crippen LogP contribution in [0.15, 0.2) is 69.9 Å². The van der Waals surface area contributed by atoms with Gasteiger partial charge < -0.3 is 4.90 Å². The van der Waals surface area contributed by atoms with E-state index in [1.807, 2.05) is 54.3 Å². The van der Waals surface area contributed by atoms with Crippen molar-refractivity contribution in [1.82, 2.24) is 14.5 Å². The van der Waals surface area contributed by atoms with Crippen LogP contribution in [0.4, 0.5) is 0 Å². The number of benzene rings is 2. The predicted octanol–water partition coefficient (Wildman–Crippen LogP) is 5.38. The van der Waals surface area contributed by atoms with Crippen molar-refractivity contribution in [3.05, 3.63) is 86.3 Å². The van der Waals surface area contributed by atoms with Gasteiger partial charge in [-0.2, -0.15) is 0 Å². The Morgan fingerprint density at radius 3 is 2.76 bits per heavy atom. The molecule has 0 radical (unpaired) electrons. The first kappa shape index (κ1) is 21.9. The molecule has 0 N–H and O–H groups in total. The van der Waals surface area contributed by atoms with Crippen molar-refractivity contribution in [1.29, 1.82) is 0 Å². The molecule has 4 aromatic rings. The van der Waals surface area contributed by atoms with Gasteiger partial charge in [0.2, 0.25) is 5.91 Å². The number of hydrogen-bond acceptors (Lipinski definition) is 5. The number of aryl methyl sites for hydroxylation is 1. The molecular weight excluding hydrogens is 450 g/mol. The first-order chi connectivity index (χ1) is 16.1. The van der Waals surface area contributed by atoms with E-state index in [-0.39, 0.29) is 23.3 Å². The molecule has 7 heteroatoms.